The summed E-state index contributed by atoms with van der Waals surface area (Å²) in [6.45, 7) is 1.82. The van der Waals surface area contributed by atoms with Gasteiger partial charge in [0.05, 0.1) is 11.3 Å². The molecule has 68 valence electrons. The highest BCUT2D eigenvalue weighted by Crippen LogP contribution is 2.40. The fourth-order valence-electron chi connectivity index (χ4n) is 1.35. The molecule has 1 saturated carbocycles. The second-order valence-corrected chi connectivity index (χ2v) is 3.35. The molecule has 0 bridgehead atoms. The lowest BCUT2D eigenvalue weighted by Crippen LogP contribution is -2.15. The van der Waals surface area contributed by atoms with Crippen LogP contribution in [0.4, 0.5) is 0 Å². The number of nitrogens with two attached hydrogens (primary N) is 1. The van der Waals surface area contributed by atoms with E-state index < -0.39 is 5.91 Å². The van der Waals surface area contributed by atoms with Gasteiger partial charge < -0.3 is 5.73 Å². The molecular formula is C9H11N3O. The van der Waals surface area contributed by atoms with Gasteiger partial charge in [-0.2, -0.15) is 0 Å². The van der Waals surface area contributed by atoms with Crippen molar-refractivity contribution in [2.24, 2.45) is 5.73 Å². The maximum absolute atomic E-state index is 11.0. The van der Waals surface area contributed by atoms with Crippen LogP contribution < -0.4 is 5.73 Å². The number of rotatable bonds is 2. The minimum atomic E-state index is -0.429. The first-order chi connectivity index (χ1) is 6.18. The fourth-order valence-corrected chi connectivity index (χ4v) is 1.35. The first-order valence-electron chi connectivity index (χ1n) is 4.32. The molecule has 4 nitrogen and oxygen atoms in total. The van der Waals surface area contributed by atoms with Crippen LogP contribution in [0.25, 0.3) is 0 Å². The third kappa shape index (κ3) is 1.52. The molecule has 0 aliphatic heterocycles. The van der Waals surface area contributed by atoms with Crippen molar-refractivity contribution in [2.75, 3.05) is 0 Å². The summed E-state index contributed by atoms with van der Waals surface area (Å²) >= 11 is 0. The molecule has 2 N–H and O–H groups in total. The Morgan fingerprint density at radius 1 is 1.62 bits per heavy atom. The van der Waals surface area contributed by atoms with E-state index in [0.29, 0.717) is 17.3 Å². The summed E-state index contributed by atoms with van der Waals surface area (Å²) in [5.41, 5.74) is 6.52. The second-order valence-electron chi connectivity index (χ2n) is 3.35. The Hall–Kier alpha value is -1.45. The smallest absolute Gasteiger partial charge is 0.252 e. The SMILES string of the molecule is Cc1ncc(C(N)=O)c(C2CC2)n1. The highest BCUT2D eigenvalue weighted by atomic mass is 16.1. The van der Waals surface area contributed by atoms with Crippen LogP contribution in [0.2, 0.25) is 0 Å². The summed E-state index contributed by atoms with van der Waals surface area (Å²) < 4.78 is 0. The Labute approximate surface area is 76.2 Å². The van der Waals surface area contributed by atoms with Gasteiger partial charge in [-0.3, -0.25) is 4.79 Å². The standard InChI is InChI=1S/C9H11N3O/c1-5-11-4-7(9(10)13)8(12-5)6-2-3-6/h4,6H,2-3H2,1H3,(H2,10,13). The van der Waals surface area contributed by atoms with Crippen molar-refractivity contribution in [3.63, 3.8) is 0 Å². The number of amides is 1. The highest BCUT2D eigenvalue weighted by Gasteiger charge is 2.29. The van der Waals surface area contributed by atoms with Crippen LogP contribution in [0, 0.1) is 6.92 Å². The summed E-state index contributed by atoms with van der Waals surface area (Å²) in [7, 11) is 0. The number of carbonyl (C=O) groups excluding carboxylic acids is 1. The van der Waals surface area contributed by atoms with Crippen LogP contribution in [-0.4, -0.2) is 15.9 Å². The van der Waals surface area contributed by atoms with Gasteiger partial charge in [0.15, 0.2) is 0 Å². The number of carbonyl (C=O) groups is 1. The molecule has 0 unspecified atom stereocenters. The molecule has 1 aromatic rings. The molecule has 4 heteroatoms. The molecule has 1 heterocycles. The molecule has 2 rings (SSSR count). The van der Waals surface area contributed by atoms with Gasteiger partial charge in [0.25, 0.3) is 5.91 Å². The van der Waals surface area contributed by atoms with Crippen molar-refractivity contribution in [1.29, 1.82) is 0 Å². The zero-order valence-corrected chi connectivity index (χ0v) is 7.45. The van der Waals surface area contributed by atoms with E-state index in [4.69, 9.17) is 5.73 Å². The summed E-state index contributed by atoms with van der Waals surface area (Å²) in [4.78, 5) is 19.2. The van der Waals surface area contributed by atoms with Gasteiger partial charge in [-0.1, -0.05) is 0 Å². The minimum absolute atomic E-state index is 0.429. The summed E-state index contributed by atoms with van der Waals surface area (Å²) in [6, 6.07) is 0. The highest BCUT2D eigenvalue weighted by molar-refractivity contribution is 5.93. The molecule has 0 atom stereocenters. The predicted molar refractivity (Wildman–Crippen MR) is 47.3 cm³/mol. The van der Waals surface area contributed by atoms with Gasteiger partial charge >= 0.3 is 0 Å². The van der Waals surface area contributed by atoms with E-state index in [1.807, 2.05) is 6.92 Å². The molecule has 0 saturated heterocycles. The normalized spacial score (nSPS) is 15.8. The largest absolute Gasteiger partial charge is 0.365 e. The topological polar surface area (TPSA) is 68.9 Å². The van der Waals surface area contributed by atoms with E-state index in [0.717, 1.165) is 18.5 Å². The molecule has 0 aromatic carbocycles. The van der Waals surface area contributed by atoms with Crippen LogP contribution in [0.5, 0.6) is 0 Å². The van der Waals surface area contributed by atoms with Gasteiger partial charge in [0, 0.05) is 12.1 Å². The Morgan fingerprint density at radius 3 is 2.85 bits per heavy atom. The molecule has 0 radical (unpaired) electrons. The average Bonchev–Trinajstić information content (AvgIpc) is 2.85. The number of primary amides is 1. The number of hydrogen-bond donors (Lipinski definition) is 1. The van der Waals surface area contributed by atoms with Crippen molar-refractivity contribution in [3.05, 3.63) is 23.3 Å². The lowest BCUT2D eigenvalue weighted by molar-refractivity contribution is 0.0998. The van der Waals surface area contributed by atoms with Gasteiger partial charge in [0.1, 0.15) is 5.82 Å². The predicted octanol–water partition coefficient (Wildman–Crippen LogP) is 0.761. The molecule has 13 heavy (non-hydrogen) atoms. The van der Waals surface area contributed by atoms with Gasteiger partial charge in [-0.15, -0.1) is 0 Å². The van der Waals surface area contributed by atoms with Gasteiger partial charge in [0.2, 0.25) is 0 Å². The average molecular weight is 177 g/mol. The molecule has 1 amide bonds. The number of aryl methyl sites for hydroxylation is 1. The zero-order chi connectivity index (χ0) is 9.42. The lowest BCUT2D eigenvalue weighted by atomic mass is 10.1. The molecule has 1 aliphatic rings. The summed E-state index contributed by atoms with van der Waals surface area (Å²) in [5, 5.41) is 0. The van der Waals surface area contributed by atoms with E-state index in [9.17, 15) is 4.79 Å². The molecular weight excluding hydrogens is 166 g/mol. The zero-order valence-electron chi connectivity index (χ0n) is 7.45. The first-order valence-corrected chi connectivity index (χ1v) is 4.32. The van der Waals surface area contributed by atoms with Crippen LogP contribution in [0.15, 0.2) is 6.20 Å². The van der Waals surface area contributed by atoms with Gasteiger partial charge in [-0.25, -0.2) is 9.97 Å². The van der Waals surface area contributed by atoms with E-state index in [1.54, 1.807) is 0 Å². The van der Waals surface area contributed by atoms with Crippen LogP contribution in [-0.2, 0) is 0 Å². The van der Waals surface area contributed by atoms with Crippen molar-refractivity contribution < 1.29 is 4.79 Å². The van der Waals surface area contributed by atoms with Crippen LogP contribution in [0.3, 0.4) is 0 Å². The Balaban J connectivity index is 2.47. The maximum atomic E-state index is 11.0. The summed E-state index contributed by atoms with van der Waals surface area (Å²) in [5.74, 6) is 0.706. The van der Waals surface area contributed by atoms with E-state index >= 15 is 0 Å². The molecule has 0 spiro atoms. The van der Waals surface area contributed by atoms with E-state index in [1.165, 1.54) is 6.20 Å². The van der Waals surface area contributed by atoms with E-state index in [-0.39, 0.29) is 0 Å². The molecule has 1 fully saturated rings. The second kappa shape index (κ2) is 2.80. The number of nitrogens with zero attached hydrogens (tertiary/aromatic N) is 2. The van der Waals surface area contributed by atoms with Crippen molar-refractivity contribution in [2.45, 2.75) is 25.7 Å². The quantitative estimate of drug-likeness (QED) is 0.725. The van der Waals surface area contributed by atoms with Crippen LogP contribution in [0.1, 0.15) is 40.6 Å². The lowest BCUT2D eigenvalue weighted by Gasteiger charge is -2.03. The molecule has 1 aromatic heterocycles. The van der Waals surface area contributed by atoms with Crippen molar-refractivity contribution in [1.82, 2.24) is 9.97 Å². The van der Waals surface area contributed by atoms with Gasteiger partial charge in [-0.05, 0) is 19.8 Å². The fraction of sp³-hybridized carbons (Fsp3) is 0.444. The third-order valence-corrected chi connectivity index (χ3v) is 2.17. The monoisotopic (exact) mass is 177 g/mol. The van der Waals surface area contributed by atoms with E-state index in [2.05, 4.69) is 9.97 Å². The minimum Gasteiger partial charge on any atom is -0.365 e. The molecule has 1 aliphatic carbocycles. The summed E-state index contributed by atoms with van der Waals surface area (Å²) in [6.07, 6.45) is 3.74. The first kappa shape index (κ1) is 8.16. The number of aromatic nitrogens is 2. The third-order valence-electron chi connectivity index (χ3n) is 2.17. The maximum Gasteiger partial charge on any atom is 0.252 e. The Kier molecular flexibility index (Phi) is 1.76. The Bertz CT molecular complexity index is 358. The Morgan fingerprint density at radius 2 is 2.31 bits per heavy atom. The van der Waals surface area contributed by atoms with Crippen LogP contribution >= 0.6 is 0 Å². The van der Waals surface area contributed by atoms with Crippen molar-refractivity contribution in [3.8, 4) is 0 Å². The number of hydrogen-bond acceptors (Lipinski definition) is 3. The van der Waals surface area contributed by atoms with Crippen molar-refractivity contribution >= 4 is 5.91 Å².